The predicted molar refractivity (Wildman–Crippen MR) is 127 cm³/mol. The van der Waals surface area contributed by atoms with E-state index < -0.39 is 0 Å². The van der Waals surface area contributed by atoms with Crippen molar-refractivity contribution >= 4 is 5.91 Å². The highest BCUT2D eigenvalue weighted by Gasteiger charge is 2.26. The topological polar surface area (TPSA) is 50.8 Å². The minimum absolute atomic E-state index is 0.121. The lowest BCUT2D eigenvalue weighted by Crippen LogP contribution is -2.40. The van der Waals surface area contributed by atoms with E-state index >= 15 is 0 Å². The lowest BCUT2D eigenvalue weighted by molar-refractivity contribution is 0.0303. The fraction of sp³-hybridized carbons (Fsp3) is 0.519. The summed E-state index contributed by atoms with van der Waals surface area (Å²) < 4.78 is 11.0. The van der Waals surface area contributed by atoms with Crippen LogP contribution < -0.4 is 10.1 Å². The molecule has 2 aromatic rings. The van der Waals surface area contributed by atoms with Gasteiger partial charge >= 0.3 is 0 Å². The van der Waals surface area contributed by atoms with E-state index in [2.05, 4.69) is 42.6 Å². The van der Waals surface area contributed by atoms with E-state index in [1.54, 1.807) is 0 Å². The van der Waals surface area contributed by atoms with Gasteiger partial charge in [-0.05, 0) is 86.9 Å². The van der Waals surface area contributed by atoms with Crippen molar-refractivity contribution in [3.05, 3.63) is 65.2 Å². The second-order valence-corrected chi connectivity index (χ2v) is 9.04. The van der Waals surface area contributed by atoms with E-state index in [-0.39, 0.29) is 5.91 Å². The van der Waals surface area contributed by atoms with Gasteiger partial charge in [0.05, 0.1) is 19.8 Å². The van der Waals surface area contributed by atoms with Crippen molar-refractivity contribution in [3.63, 3.8) is 0 Å². The molecule has 2 fully saturated rings. The molecule has 0 radical (unpaired) electrons. The van der Waals surface area contributed by atoms with Crippen LogP contribution in [-0.2, 0) is 4.74 Å². The number of morpholine rings is 1. The highest BCUT2D eigenvalue weighted by atomic mass is 16.5. The molecule has 3 atom stereocenters. The minimum Gasteiger partial charge on any atom is -0.494 e. The molecule has 32 heavy (non-hydrogen) atoms. The smallest absolute Gasteiger partial charge is 0.254 e. The molecule has 1 saturated carbocycles. The molecule has 0 bridgehead atoms. The van der Waals surface area contributed by atoms with Gasteiger partial charge in [-0.25, -0.2) is 0 Å². The number of carbonyl (C=O) groups is 1. The van der Waals surface area contributed by atoms with Crippen molar-refractivity contribution < 1.29 is 14.3 Å². The van der Waals surface area contributed by atoms with Crippen molar-refractivity contribution in [2.75, 3.05) is 39.5 Å². The summed E-state index contributed by atoms with van der Waals surface area (Å²) in [5, 5.41) is 3.73. The second kappa shape index (κ2) is 11.0. The molecule has 0 aromatic heterocycles. The van der Waals surface area contributed by atoms with Crippen molar-refractivity contribution in [1.29, 1.82) is 0 Å². The molecule has 4 rings (SSSR count). The van der Waals surface area contributed by atoms with Crippen LogP contribution in [0.1, 0.15) is 66.6 Å². The Labute approximate surface area is 192 Å². The van der Waals surface area contributed by atoms with Gasteiger partial charge in [0, 0.05) is 24.7 Å². The van der Waals surface area contributed by atoms with Gasteiger partial charge in [0.2, 0.25) is 0 Å². The van der Waals surface area contributed by atoms with Gasteiger partial charge in [-0.1, -0.05) is 24.3 Å². The van der Waals surface area contributed by atoms with Gasteiger partial charge in [0.1, 0.15) is 5.75 Å². The summed E-state index contributed by atoms with van der Waals surface area (Å²) in [5.41, 5.74) is 3.42. The predicted octanol–water partition coefficient (Wildman–Crippen LogP) is 4.79. The number of amides is 1. The quantitative estimate of drug-likeness (QED) is 0.646. The van der Waals surface area contributed by atoms with Gasteiger partial charge in [0.25, 0.3) is 5.91 Å². The zero-order valence-corrected chi connectivity index (χ0v) is 19.4. The first-order valence-electron chi connectivity index (χ1n) is 12.1. The van der Waals surface area contributed by atoms with Gasteiger partial charge in [-0.3, -0.25) is 4.79 Å². The van der Waals surface area contributed by atoms with Crippen molar-refractivity contribution in [2.45, 2.75) is 45.1 Å². The van der Waals surface area contributed by atoms with Crippen LogP contribution in [-0.4, -0.2) is 50.3 Å². The Bertz CT molecular complexity index is 877. The van der Waals surface area contributed by atoms with Crippen LogP contribution in [0.3, 0.4) is 0 Å². The van der Waals surface area contributed by atoms with Gasteiger partial charge in [-0.2, -0.15) is 0 Å². The molecule has 1 aliphatic carbocycles. The van der Waals surface area contributed by atoms with Crippen molar-refractivity contribution in [1.82, 2.24) is 10.2 Å². The molecule has 5 nitrogen and oxygen atoms in total. The summed E-state index contributed by atoms with van der Waals surface area (Å²) in [6.07, 6.45) is 3.67. The number of benzene rings is 2. The monoisotopic (exact) mass is 436 g/mol. The van der Waals surface area contributed by atoms with Crippen LogP contribution in [0.4, 0.5) is 0 Å². The van der Waals surface area contributed by atoms with Crippen molar-refractivity contribution in [2.24, 2.45) is 5.92 Å². The van der Waals surface area contributed by atoms with Crippen LogP contribution in [0.15, 0.2) is 48.5 Å². The number of ether oxygens (including phenoxy) is 2. The van der Waals surface area contributed by atoms with E-state index in [1.165, 1.54) is 30.4 Å². The largest absolute Gasteiger partial charge is 0.494 e. The number of hydrogen-bond acceptors (Lipinski definition) is 4. The Morgan fingerprint density at radius 1 is 1.16 bits per heavy atom. The molecule has 1 amide bonds. The Morgan fingerprint density at radius 2 is 1.94 bits per heavy atom. The van der Waals surface area contributed by atoms with Crippen LogP contribution in [0.25, 0.3) is 0 Å². The fourth-order valence-corrected chi connectivity index (χ4v) is 4.91. The standard InChI is InChI=1S/C27H36N2O3/c1-3-32-26-6-4-5-24(18-26)20(2)28-19-21-7-8-25(17-21)22-9-11-23(12-10-22)27(30)29-13-15-31-16-14-29/h4-6,9-12,18,20-21,25,28H,3,7-8,13-17,19H2,1-2H3. The molecule has 0 spiro atoms. The Morgan fingerprint density at radius 3 is 2.69 bits per heavy atom. The van der Waals surface area contributed by atoms with Gasteiger partial charge in [0.15, 0.2) is 0 Å². The SMILES string of the molecule is CCOc1cccc(C(C)NCC2CCC(c3ccc(C(=O)N4CCOCC4)cc3)C2)c1. The second-order valence-electron chi connectivity index (χ2n) is 9.04. The van der Waals surface area contributed by atoms with E-state index in [1.807, 2.05) is 30.0 Å². The van der Waals surface area contributed by atoms with Crippen molar-refractivity contribution in [3.8, 4) is 5.75 Å². The summed E-state index contributed by atoms with van der Waals surface area (Å²) in [5.74, 6) is 2.34. The van der Waals surface area contributed by atoms with Gasteiger partial charge in [-0.15, -0.1) is 0 Å². The first-order valence-corrected chi connectivity index (χ1v) is 12.1. The molecule has 2 aromatic carbocycles. The maximum absolute atomic E-state index is 12.7. The molecule has 5 heteroatoms. The number of rotatable bonds is 8. The molecular formula is C27H36N2O3. The maximum atomic E-state index is 12.7. The molecule has 1 heterocycles. The summed E-state index contributed by atoms with van der Waals surface area (Å²) in [6.45, 7) is 8.61. The Kier molecular flexibility index (Phi) is 7.82. The highest BCUT2D eigenvalue weighted by molar-refractivity contribution is 5.94. The normalized spacial score (nSPS) is 22.0. The highest BCUT2D eigenvalue weighted by Crippen LogP contribution is 2.38. The zero-order chi connectivity index (χ0) is 22.3. The first-order chi connectivity index (χ1) is 15.6. The van der Waals surface area contributed by atoms with Crippen LogP contribution in [0.2, 0.25) is 0 Å². The molecule has 3 unspecified atom stereocenters. The molecule has 1 saturated heterocycles. The van der Waals surface area contributed by atoms with E-state index in [4.69, 9.17) is 9.47 Å². The van der Waals surface area contributed by atoms with E-state index in [9.17, 15) is 4.79 Å². The molecular weight excluding hydrogens is 400 g/mol. The number of hydrogen-bond donors (Lipinski definition) is 1. The Hall–Kier alpha value is -2.37. The molecule has 172 valence electrons. The summed E-state index contributed by atoms with van der Waals surface area (Å²) in [6, 6.07) is 17.0. The van der Waals surface area contributed by atoms with Crippen LogP contribution in [0, 0.1) is 5.92 Å². The number of nitrogens with zero attached hydrogens (tertiary/aromatic N) is 1. The average Bonchev–Trinajstić information content (AvgIpc) is 3.32. The van der Waals surface area contributed by atoms with E-state index in [0.29, 0.717) is 50.8 Å². The Balaban J connectivity index is 1.27. The van der Waals surface area contributed by atoms with Gasteiger partial charge < -0.3 is 19.7 Å². The van der Waals surface area contributed by atoms with Crippen LogP contribution >= 0.6 is 0 Å². The third kappa shape index (κ3) is 5.70. The molecule has 1 aliphatic heterocycles. The zero-order valence-electron chi connectivity index (χ0n) is 19.4. The lowest BCUT2D eigenvalue weighted by Gasteiger charge is -2.27. The minimum atomic E-state index is 0.121. The summed E-state index contributed by atoms with van der Waals surface area (Å²) >= 11 is 0. The van der Waals surface area contributed by atoms with Crippen LogP contribution in [0.5, 0.6) is 5.75 Å². The summed E-state index contributed by atoms with van der Waals surface area (Å²) in [4.78, 5) is 14.6. The fourth-order valence-electron chi connectivity index (χ4n) is 4.91. The average molecular weight is 437 g/mol. The first kappa shape index (κ1) is 22.8. The summed E-state index contributed by atoms with van der Waals surface area (Å²) in [7, 11) is 0. The lowest BCUT2D eigenvalue weighted by atomic mass is 9.95. The number of carbonyl (C=O) groups excluding carboxylic acids is 1. The molecule has 2 aliphatic rings. The third-order valence-electron chi connectivity index (χ3n) is 6.85. The maximum Gasteiger partial charge on any atom is 0.254 e. The molecule has 1 N–H and O–H groups in total. The number of nitrogens with one attached hydrogen (secondary N) is 1. The van der Waals surface area contributed by atoms with E-state index in [0.717, 1.165) is 17.9 Å². The third-order valence-corrected chi connectivity index (χ3v) is 6.85.